The number of aliphatic hydroxyl groups excluding tert-OH is 3. The first-order valence-electron chi connectivity index (χ1n) is 7.92. The summed E-state index contributed by atoms with van der Waals surface area (Å²) >= 11 is 0. The van der Waals surface area contributed by atoms with E-state index < -0.39 is 36.7 Å². The molecule has 1 saturated carbocycles. The zero-order chi connectivity index (χ0) is 15.7. The summed E-state index contributed by atoms with van der Waals surface area (Å²) in [6, 6.07) is -0.449. The Morgan fingerprint density at radius 1 is 1.14 bits per heavy atom. The SMILES string of the molecule is CC(C)C1CCC(O)C(OC2C(C)CC(N)C(O)C2O)O1. The van der Waals surface area contributed by atoms with Crippen LogP contribution in [0.3, 0.4) is 0 Å². The molecule has 2 fully saturated rings. The van der Waals surface area contributed by atoms with Crippen molar-refractivity contribution in [3.8, 4) is 0 Å². The first-order chi connectivity index (χ1) is 9.81. The van der Waals surface area contributed by atoms with Crippen molar-refractivity contribution in [1.29, 1.82) is 0 Å². The molecule has 1 saturated heterocycles. The minimum absolute atomic E-state index is 0.00590. The van der Waals surface area contributed by atoms with Crippen LogP contribution in [0.5, 0.6) is 0 Å². The van der Waals surface area contributed by atoms with Gasteiger partial charge in [0, 0.05) is 6.04 Å². The summed E-state index contributed by atoms with van der Waals surface area (Å²) in [7, 11) is 0. The van der Waals surface area contributed by atoms with Gasteiger partial charge in [-0.1, -0.05) is 20.8 Å². The highest BCUT2D eigenvalue weighted by Gasteiger charge is 2.44. The largest absolute Gasteiger partial charge is 0.389 e. The molecule has 1 aliphatic heterocycles. The molecule has 0 aromatic carbocycles. The third-order valence-corrected chi connectivity index (χ3v) is 4.73. The summed E-state index contributed by atoms with van der Waals surface area (Å²) in [6.07, 6.45) is -2.07. The summed E-state index contributed by atoms with van der Waals surface area (Å²) in [4.78, 5) is 0. The van der Waals surface area contributed by atoms with Crippen molar-refractivity contribution in [2.75, 3.05) is 0 Å². The Hall–Kier alpha value is -0.240. The summed E-state index contributed by atoms with van der Waals surface area (Å²) in [5.41, 5.74) is 5.80. The Labute approximate surface area is 126 Å². The van der Waals surface area contributed by atoms with Crippen LogP contribution >= 0.6 is 0 Å². The predicted molar refractivity (Wildman–Crippen MR) is 77.4 cm³/mol. The van der Waals surface area contributed by atoms with E-state index in [2.05, 4.69) is 13.8 Å². The van der Waals surface area contributed by atoms with Gasteiger partial charge in [-0.3, -0.25) is 0 Å². The molecule has 2 aliphatic rings. The van der Waals surface area contributed by atoms with Gasteiger partial charge in [-0.2, -0.15) is 0 Å². The molecule has 0 radical (unpaired) electrons. The average molecular weight is 303 g/mol. The minimum Gasteiger partial charge on any atom is -0.389 e. The molecule has 0 bridgehead atoms. The summed E-state index contributed by atoms with van der Waals surface area (Å²) in [6.45, 7) is 6.06. The number of ether oxygens (including phenoxy) is 2. The van der Waals surface area contributed by atoms with Crippen LogP contribution in [0.15, 0.2) is 0 Å². The average Bonchev–Trinajstić information content (AvgIpc) is 2.42. The van der Waals surface area contributed by atoms with Gasteiger partial charge in [-0.05, 0) is 31.1 Å². The van der Waals surface area contributed by atoms with Gasteiger partial charge in [0.25, 0.3) is 0 Å². The Morgan fingerprint density at radius 3 is 2.43 bits per heavy atom. The zero-order valence-corrected chi connectivity index (χ0v) is 13.1. The number of nitrogens with two attached hydrogens (primary N) is 1. The third-order valence-electron chi connectivity index (χ3n) is 4.73. The fourth-order valence-electron chi connectivity index (χ4n) is 3.27. The Bertz CT molecular complexity index is 340. The lowest BCUT2D eigenvalue weighted by Gasteiger charge is -2.44. The molecule has 0 aromatic heterocycles. The molecule has 6 heteroatoms. The van der Waals surface area contributed by atoms with Crippen LogP contribution in [-0.2, 0) is 9.47 Å². The van der Waals surface area contributed by atoms with E-state index in [0.717, 1.165) is 6.42 Å². The topological polar surface area (TPSA) is 105 Å². The minimum atomic E-state index is -1.06. The van der Waals surface area contributed by atoms with Crippen LogP contribution in [0.1, 0.15) is 40.0 Å². The Kier molecular flexibility index (Phi) is 5.62. The van der Waals surface area contributed by atoms with Crippen molar-refractivity contribution in [2.24, 2.45) is 17.6 Å². The van der Waals surface area contributed by atoms with Gasteiger partial charge in [-0.25, -0.2) is 0 Å². The summed E-state index contributed by atoms with van der Waals surface area (Å²) < 4.78 is 11.7. The van der Waals surface area contributed by atoms with Crippen LogP contribution in [0, 0.1) is 11.8 Å². The van der Waals surface area contributed by atoms with Crippen LogP contribution in [0.25, 0.3) is 0 Å². The number of hydrogen-bond donors (Lipinski definition) is 4. The van der Waals surface area contributed by atoms with Crippen molar-refractivity contribution < 1.29 is 24.8 Å². The van der Waals surface area contributed by atoms with Gasteiger partial charge >= 0.3 is 0 Å². The quantitative estimate of drug-likeness (QED) is 0.584. The molecule has 6 nitrogen and oxygen atoms in total. The van der Waals surface area contributed by atoms with E-state index in [4.69, 9.17) is 15.2 Å². The molecule has 5 N–H and O–H groups in total. The van der Waals surface area contributed by atoms with E-state index in [0.29, 0.717) is 18.8 Å². The highest BCUT2D eigenvalue weighted by Crippen LogP contribution is 2.32. The Morgan fingerprint density at radius 2 is 1.81 bits per heavy atom. The fourth-order valence-corrected chi connectivity index (χ4v) is 3.27. The van der Waals surface area contributed by atoms with Gasteiger partial charge < -0.3 is 30.5 Å². The smallest absolute Gasteiger partial charge is 0.184 e. The molecule has 1 heterocycles. The van der Waals surface area contributed by atoms with E-state index in [9.17, 15) is 15.3 Å². The molecule has 0 spiro atoms. The lowest BCUT2D eigenvalue weighted by molar-refractivity contribution is -0.289. The monoisotopic (exact) mass is 303 g/mol. The molecule has 8 unspecified atom stereocenters. The van der Waals surface area contributed by atoms with Crippen LogP contribution in [0.2, 0.25) is 0 Å². The first-order valence-corrected chi connectivity index (χ1v) is 7.92. The van der Waals surface area contributed by atoms with Crippen molar-refractivity contribution >= 4 is 0 Å². The molecule has 0 aromatic rings. The molecule has 21 heavy (non-hydrogen) atoms. The lowest BCUT2D eigenvalue weighted by atomic mass is 9.80. The first kappa shape index (κ1) is 17.1. The highest BCUT2D eigenvalue weighted by atomic mass is 16.7. The van der Waals surface area contributed by atoms with Crippen molar-refractivity contribution in [1.82, 2.24) is 0 Å². The molecule has 2 rings (SSSR count). The normalized spacial score (nSPS) is 48.6. The lowest BCUT2D eigenvalue weighted by Crippen LogP contribution is -2.58. The summed E-state index contributed by atoms with van der Waals surface area (Å²) in [5.74, 6) is 0.338. The molecular weight excluding hydrogens is 274 g/mol. The second kappa shape index (κ2) is 6.89. The van der Waals surface area contributed by atoms with Crippen molar-refractivity contribution in [2.45, 2.75) is 82.9 Å². The molecule has 124 valence electrons. The van der Waals surface area contributed by atoms with E-state index in [1.807, 2.05) is 6.92 Å². The maximum Gasteiger partial charge on any atom is 0.184 e. The van der Waals surface area contributed by atoms with E-state index in [-0.39, 0.29) is 12.0 Å². The number of hydrogen-bond acceptors (Lipinski definition) is 6. The van der Waals surface area contributed by atoms with E-state index in [1.165, 1.54) is 0 Å². The maximum atomic E-state index is 10.2. The fraction of sp³-hybridized carbons (Fsp3) is 1.00. The van der Waals surface area contributed by atoms with Crippen molar-refractivity contribution in [3.63, 3.8) is 0 Å². The summed E-state index contributed by atoms with van der Waals surface area (Å²) in [5, 5.41) is 30.2. The predicted octanol–water partition coefficient (Wildman–Crippen LogP) is -0.0175. The highest BCUT2D eigenvalue weighted by molar-refractivity contribution is 4.94. The van der Waals surface area contributed by atoms with Gasteiger partial charge in [0.05, 0.1) is 18.3 Å². The standard InChI is InChI=1S/C15H29NO5/c1-7(2)11-5-4-10(17)15(20-11)21-14-8(3)6-9(16)12(18)13(14)19/h7-15,17-19H,4-6,16H2,1-3H3. The van der Waals surface area contributed by atoms with E-state index >= 15 is 0 Å². The number of rotatable bonds is 3. The second-order valence-electron chi connectivity index (χ2n) is 6.89. The molecule has 8 atom stereocenters. The second-order valence-corrected chi connectivity index (χ2v) is 6.89. The van der Waals surface area contributed by atoms with E-state index in [1.54, 1.807) is 0 Å². The molecular formula is C15H29NO5. The van der Waals surface area contributed by atoms with Crippen LogP contribution in [-0.4, -0.2) is 58.2 Å². The van der Waals surface area contributed by atoms with Crippen molar-refractivity contribution in [3.05, 3.63) is 0 Å². The number of aliphatic hydroxyl groups is 3. The zero-order valence-electron chi connectivity index (χ0n) is 13.1. The molecule has 1 aliphatic carbocycles. The maximum absolute atomic E-state index is 10.2. The van der Waals surface area contributed by atoms with Crippen LogP contribution in [0.4, 0.5) is 0 Å². The van der Waals surface area contributed by atoms with Gasteiger partial charge in [-0.15, -0.1) is 0 Å². The van der Waals surface area contributed by atoms with Gasteiger partial charge in [0.2, 0.25) is 0 Å². The third kappa shape index (κ3) is 3.75. The Balaban J connectivity index is 2.01. The van der Waals surface area contributed by atoms with Gasteiger partial charge in [0.1, 0.15) is 12.2 Å². The van der Waals surface area contributed by atoms with Crippen LogP contribution < -0.4 is 5.73 Å². The molecule has 0 amide bonds. The van der Waals surface area contributed by atoms with Gasteiger partial charge in [0.15, 0.2) is 6.29 Å².